The molecule has 4 aromatic rings. The van der Waals surface area contributed by atoms with Gasteiger partial charge in [-0.1, -0.05) is 36.4 Å². The van der Waals surface area contributed by atoms with Crippen LogP contribution in [0.4, 0.5) is 0 Å². The smallest absolute Gasteiger partial charge is 0.170 e. The van der Waals surface area contributed by atoms with Crippen LogP contribution in [0.25, 0.3) is 17.0 Å². The first kappa shape index (κ1) is 13.5. The van der Waals surface area contributed by atoms with E-state index in [0.29, 0.717) is 11.4 Å². The Labute approximate surface area is 132 Å². The number of fused-ring (bicyclic) bond motifs is 1. The van der Waals surface area contributed by atoms with Crippen molar-refractivity contribution < 1.29 is 4.79 Å². The van der Waals surface area contributed by atoms with Gasteiger partial charge in [-0.15, -0.1) is 0 Å². The molecule has 4 rings (SSSR count). The van der Waals surface area contributed by atoms with Gasteiger partial charge in [0.05, 0.1) is 17.8 Å². The summed E-state index contributed by atoms with van der Waals surface area (Å²) in [6.07, 6.45) is 2.06. The highest BCUT2D eigenvalue weighted by molar-refractivity contribution is 5.97. The quantitative estimate of drug-likeness (QED) is 0.589. The number of nitrogens with one attached hydrogen (secondary N) is 1. The number of H-pyrrole nitrogens is 1. The van der Waals surface area contributed by atoms with Gasteiger partial charge in [0.25, 0.3) is 0 Å². The van der Waals surface area contributed by atoms with E-state index in [1.54, 1.807) is 4.52 Å². The van der Waals surface area contributed by atoms with Gasteiger partial charge >= 0.3 is 0 Å². The van der Waals surface area contributed by atoms with Crippen molar-refractivity contribution in [1.29, 1.82) is 0 Å². The molecule has 0 fully saturated rings. The molecular formula is C18H14N4O. The minimum atomic E-state index is 0.0166. The minimum Gasteiger partial charge on any atom is -0.360 e. The van der Waals surface area contributed by atoms with Crippen LogP contribution < -0.4 is 0 Å². The zero-order chi connectivity index (χ0) is 15.6. The first-order chi connectivity index (χ1) is 11.3. The lowest BCUT2D eigenvalue weighted by molar-refractivity contribution is 0.0991. The van der Waals surface area contributed by atoms with Crippen LogP contribution >= 0.6 is 0 Å². The third-order valence-electron chi connectivity index (χ3n) is 3.69. The van der Waals surface area contributed by atoms with E-state index in [4.69, 9.17) is 0 Å². The summed E-state index contributed by atoms with van der Waals surface area (Å²) in [6.45, 7) is 0. The largest absolute Gasteiger partial charge is 0.360 e. The van der Waals surface area contributed by atoms with Gasteiger partial charge in [-0.25, -0.2) is 9.50 Å². The number of hydrogen-bond acceptors (Lipinski definition) is 3. The molecule has 0 aliphatic carbocycles. The van der Waals surface area contributed by atoms with E-state index in [1.165, 1.54) is 0 Å². The molecule has 112 valence electrons. The third-order valence-corrected chi connectivity index (χ3v) is 3.69. The summed E-state index contributed by atoms with van der Waals surface area (Å²) >= 11 is 0. The molecule has 3 aromatic heterocycles. The number of rotatable bonds is 4. The van der Waals surface area contributed by atoms with Crippen LogP contribution in [0, 0.1) is 0 Å². The van der Waals surface area contributed by atoms with E-state index < -0.39 is 0 Å². The summed E-state index contributed by atoms with van der Waals surface area (Å²) in [4.78, 5) is 19.9. The number of ketones is 1. The lowest BCUT2D eigenvalue weighted by atomic mass is 10.1. The molecule has 1 aromatic carbocycles. The van der Waals surface area contributed by atoms with Crippen LogP contribution in [0.15, 0.2) is 66.9 Å². The summed E-state index contributed by atoms with van der Waals surface area (Å²) < 4.78 is 1.76. The highest BCUT2D eigenvalue weighted by Crippen LogP contribution is 2.18. The molecule has 0 spiro atoms. The number of nitrogens with zero attached hydrogens (tertiary/aromatic N) is 3. The monoisotopic (exact) mass is 302 g/mol. The average Bonchev–Trinajstić information content (AvgIpc) is 3.24. The second-order valence-electron chi connectivity index (χ2n) is 5.26. The van der Waals surface area contributed by atoms with Gasteiger partial charge in [-0.2, -0.15) is 5.10 Å². The highest BCUT2D eigenvalue weighted by Gasteiger charge is 2.13. The first-order valence-electron chi connectivity index (χ1n) is 7.38. The predicted octanol–water partition coefficient (Wildman–Crippen LogP) is 3.15. The second kappa shape index (κ2) is 5.53. The van der Waals surface area contributed by atoms with Crippen molar-refractivity contribution in [2.24, 2.45) is 0 Å². The lowest BCUT2D eigenvalue weighted by Crippen LogP contribution is -2.05. The lowest BCUT2D eigenvalue weighted by Gasteiger charge is -2.00. The van der Waals surface area contributed by atoms with Gasteiger partial charge in [-0.3, -0.25) is 4.79 Å². The Morgan fingerprint density at radius 3 is 2.65 bits per heavy atom. The molecule has 0 bridgehead atoms. The Morgan fingerprint density at radius 1 is 1.00 bits per heavy atom. The number of pyridine rings is 1. The Hall–Kier alpha value is -3.21. The van der Waals surface area contributed by atoms with Crippen LogP contribution in [-0.4, -0.2) is 25.4 Å². The number of hydrogen-bond donors (Lipinski definition) is 1. The van der Waals surface area contributed by atoms with Gasteiger partial charge in [-0.05, 0) is 24.3 Å². The molecule has 5 nitrogen and oxygen atoms in total. The molecular weight excluding hydrogens is 288 g/mol. The molecule has 1 N–H and O–H groups in total. The standard InChI is InChI=1S/C18H14N4O/c23-16(13-6-2-1-3-7-13)12-17-20-18-10-4-9-15(22(18)21-17)14-8-5-11-19-14/h1-11,19H,12H2. The number of carbonyl (C=O) groups excluding carboxylic acids is 1. The van der Waals surface area contributed by atoms with Crippen molar-refractivity contribution in [3.05, 3.63) is 78.2 Å². The average molecular weight is 302 g/mol. The Morgan fingerprint density at radius 2 is 1.87 bits per heavy atom. The molecule has 0 aliphatic rings. The summed E-state index contributed by atoms with van der Waals surface area (Å²) in [5.41, 5.74) is 3.28. The van der Waals surface area contributed by atoms with Gasteiger partial charge in [0.2, 0.25) is 0 Å². The SMILES string of the molecule is O=C(Cc1nc2cccc(-c3ccc[nH]3)n2n1)c1ccccc1. The van der Waals surface area contributed by atoms with E-state index >= 15 is 0 Å². The zero-order valence-corrected chi connectivity index (χ0v) is 12.3. The van der Waals surface area contributed by atoms with Crippen molar-refractivity contribution in [1.82, 2.24) is 19.6 Å². The maximum atomic E-state index is 12.3. The van der Waals surface area contributed by atoms with E-state index in [9.17, 15) is 4.79 Å². The Bertz CT molecular complexity index is 955. The summed E-state index contributed by atoms with van der Waals surface area (Å²) in [7, 11) is 0. The Balaban J connectivity index is 1.70. The van der Waals surface area contributed by atoms with Crippen LogP contribution in [0.3, 0.4) is 0 Å². The van der Waals surface area contributed by atoms with Crippen LogP contribution in [0.5, 0.6) is 0 Å². The topological polar surface area (TPSA) is 63.0 Å². The van der Waals surface area contributed by atoms with Crippen molar-refractivity contribution in [3.8, 4) is 11.4 Å². The summed E-state index contributed by atoms with van der Waals surface area (Å²) in [5, 5.41) is 4.50. The van der Waals surface area contributed by atoms with E-state index in [-0.39, 0.29) is 12.2 Å². The van der Waals surface area contributed by atoms with Gasteiger partial charge in [0.15, 0.2) is 17.3 Å². The molecule has 0 unspecified atom stereocenters. The van der Waals surface area contributed by atoms with Crippen molar-refractivity contribution in [2.75, 3.05) is 0 Å². The molecule has 23 heavy (non-hydrogen) atoms. The van der Waals surface area contributed by atoms with Crippen LogP contribution in [0.1, 0.15) is 16.2 Å². The number of benzene rings is 1. The number of aromatic nitrogens is 4. The molecule has 0 aliphatic heterocycles. The highest BCUT2D eigenvalue weighted by atomic mass is 16.1. The zero-order valence-electron chi connectivity index (χ0n) is 12.3. The number of carbonyl (C=O) groups is 1. The number of aromatic amines is 1. The van der Waals surface area contributed by atoms with Crippen molar-refractivity contribution in [3.63, 3.8) is 0 Å². The second-order valence-corrected chi connectivity index (χ2v) is 5.26. The van der Waals surface area contributed by atoms with E-state index in [1.807, 2.05) is 66.9 Å². The maximum Gasteiger partial charge on any atom is 0.170 e. The summed E-state index contributed by atoms with van der Waals surface area (Å²) in [6, 6.07) is 18.9. The minimum absolute atomic E-state index is 0.0166. The molecule has 0 saturated carbocycles. The Kier molecular flexibility index (Phi) is 3.24. The van der Waals surface area contributed by atoms with Gasteiger partial charge < -0.3 is 4.98 Å². The van der Waals surface area contributed by atoms with Gasteiger partial charge in [0.1, 0.15) is 0 Å². The summed E-state index contributed by atoms with van der Waals surface area (Å²) in [5.74, 6) is 0.542. The fourth-order valence-electron chi connectivity index (χ4n) is 2.59. The van der Waals surface area contributed by atoms with E-state index in [2.05, 4.69) is 15.1 Å². The first-order valence-corrected chi connectivity index (χ1v) is 7.38. The fraction of sp³-hybridized carbons (Fsp3) is 0.0556. The molecule has 0 atom stereocenters. The molecule has 3 heterocycles. The van der Waals surface area contributed by atoms with Crippen molar-refractivity contribution >= 4 is 11.4 Å². The fourth-order valence-corrected chi connectivity index (χ4v) is 2.59. The number of Topliss-reactive ketones (excluding diaryl/α,β-unsaturated/α-hetero) is 1. The molecule has 5 heteroatoms. The molecule has 0 radical (unpaired) electrons. The van der Waals surface area contributed by atoms with Crippen LogP contribution in [0.2, 0.25) is 0 Å². The van der Waals surface area contributed by atoms with Crippen molar-refractivity contribution in [2.45, 2.75) is 6.42 Å². The van der Waals surface area contributed by atoms with Gasteiger partial charge in [0, 0.05) is 11.8 Å². The predicted molar refractivity (Wildman–Crippen MR) is 87.3 cm³/mol. The molecule has 0 saturated heterocycles. The maximum absolute atomic E-state index is 12.3. The third kappa shape index (κ3) is 2.53. The van der Waals surface area contributed by atoms with E-state index in [0.717, 1.165) is 17.0 Å². The normalized spacial score (nSPS) is 11.0. The molecule has 0 amide bonds. The van der Waals surface area contributed by atoms with Crippen LogP contribution in [-0.2, 0) is 6.42 Å².